The summed E-state index contributed by atoms with van der Waals surface area (Å²) in [4.78, 5) is 32.4. The molecular weight excluding hydrogens is 346 g/mol. The summed E-state index contributed by atoms with van der Waals surface area (Å²) in [6, 6.07) is 12.4. The van der Waals surface area contributed by atoms with Crippen molar-refractivity contribution in [1.82, 2.24) is 15.3 Å². The van der Waals surface area contributed by atoms with Gasteiger partial charge >= 0.3 is 0 Å². The molecule has 1 aliphatic rings. The lowest BCUT2D eigenvalue weighted by molar-refractivity contribution is 0.0878. The number of para-hydroxylation sites is 1. The normalized spacial score (nSPS) is 13.2. The first-order valence-electron chi connectivity index (χ1n) is 8.26. The number of hydrogen-bond acceptors (Lipinski definition) is 5. The summed E-state index contributed by atoms with van der Waals surface area (Å²) < 4.78 is 5.09. The molecule has 0 bridgehead atoms. The van der Waals surface area contributed by atoms with Crippen molar-refractivity contribution >= 4 is 33.6 Å². The molecule has 7 heteroatoms. The summed E-state index contributed by atoms with van der Waals surface area (Å²) in [5.74, 6) is -0.689. The van der Waals surface area contributed by atoms with Crippen LogP contribution in [0.4, 0.5) is 0 Å². The van der Waals surface area contributed by atoms with Crippen LogP contribution in [0.25, 0.3) is 33.1 Å². The number of fused-ring (bicyclic) bond motifs is 5. The first-order valence-corrected chi connectivity index (χ1v) is 8.26. The number of phenols is 1. The van der Waals surface area contributed by atoms with Crippen LogP contribution in [0.3, 0.4) is 0 Å². The fourth-order valence-electron chi connectivity index (χ4n) is 3.58. The third-order valence-corrected chi connectivity index (χ3v) is 4.77. The summed E-state index contributed by atoms with van der Waals surface area (Å²) >= 11 is 0. The highest BCUT2D eigenvalue weighted by Crippen LogP contribution is 2.39. The van der Waals surface area contributed by atoms with Gasteiger partial charge < -0.3 is 14.8 Å². The monoisotopic (exact) mass is 359 g/mol. The van der Waals surface area contributed by atoms with Crippen molar-refractivity contribution in [3.8, 4) is 22.8 Å². The third kappa shape index (κ3) is 2.05. The number of rotatable bonds is 2. The number of aromatic nitrogens is 2. The molecule has 0 aliphatic carbocycles. The Balaban J connectivity index is 1.93. The van der Waals surface area contributed by atoms with E-state index in [4.69, 9.17) is 4.74 Å². The fourth-order valence-corrected chi connectivity index (χ4v) is 3.58. The van der Waals surface area contributed by atoms with Crippen LogP contribution in [-0.4, -0.2) is 34.0 Å². The Hall–Kier alpha value is -3.87. The number of nitrogens with zero attached hydrogens (tertiary/aromatic N) is 1. The van der Waals surface area contributed by atoms with Crippen molar-refractivity contribution in [2.75, 3.05) is 7.11 Å². The van der Waals surface area contributed by atoms with E-state index in [0.717, 1.165) is 10.9 Å². The fraction of sp³-hybridized carbons (Fsp3) is 0.0500. The zero-order valence-corrected chi connectivity index (χ0v) is 14.2. The van der Waals surface area contributed by atoms with Gasteiger partial charge in [-0.05, 0) is 24.3 Å². The number of H-pyrrole nitrogens is 1. The van der Waals surface area contributed by atoms with Gasteiger partial charge in [0.2, 0.25) is 0 Å². The van der Waals surface area contributed by atoms with Crippen molar-refractivity contribution < 1.29 is 19.4 Å². The minimum absolute atomic E-state index is 0.0397. The van der Waals surface area contributed by atoms with Gasteiger partial charge in [0.05, 0.1) is 23.9 Å². The summed E-state index contributed by atoms with van der Waals surface area (Å²) in [5.41, 5.74) is 2.89. The van der Waals surface area contributed by atoms with E-state index in [1.54, 1.807) is 12.1 Å². The number of hydrogen-bond donors (Lipinski definition) is 3. The maximum atomic E-state index is 12.4. The molecule has 1 aliphatic heterocycles. The second-order valence-corrected chi connectivity index (χ2v) is 6.27. The molecule has 0 atom stereocenters. The highest BCUT2D eigenvalue weighted by molar-refractivity contribution is 6.30. The largest absolute Gasteiger partial charge is 0.504 e. The number of aromatic hydroxyl groups is 1. The molecule has 2 amide bonds. The van der Waals surface area contributed by atoms with E-state index >= 15 is 0 Å². The van der Waals surface area contributed by atoms with Gasteiger partial charge in [0.1, 0.15) is 5.69 Å². The summed E-state index contributed by atoms with van der Waals surface area (Å²) in [6.07, 6.45) is 0. The highest BCUT2D eigenvalue weighted by atomic mass is 16.5. The zero-order valence-electron chi connectivity index (χ0n) is 14.2. The first kappa shape index (κ1) is 15.4. The van der Waals surface area contributed by atoms with Crippen molar-refractivity contribution in [1.29, 1.82) is 0 Å². The molecule has 7 nitrogen and oxygen atoms in total. The van der Waals surface area contributed by atoms with Gasteiger partial charge in [-0.25, -0.2) is 4.98 Å². The predicted octanol–water partition coefficient (Wildman–Crippen LogP) is 2.98. The van der Waals surface area contributed by atoms with Crippen LogP contribution in [0.1, 0.15) is 20.8 Å². The number of phenolic OH excluding ortho intramolecular Hbond substituents is 1. The van der Waals surface area contributed by atoms with Crippen LogP contribution in [0, 0.1) is 0 Å². The number of carbonyl (C=O) groups excluding carboxylic acids is 2. The van der Waals surface area contributed by atoms with E-state index in [2.05, 4.69) is 15.3 Å². The van der Waals surface area contributed by atoms with Gasteiger partial charge in [-0.2, -0.15) is 0 Å². The van der Waals surface area contributed by atoms with Gasteiger partial charge in [-0.3, -0.25) is 14.9 Å². The molecule has 0 unspecified atom stereocenters. The van der Waals surface area contributed by atoms with Crippen LogP contribution in [0.5, 0.6) is 11.5 Å². The Labute approximate surface area is 152 Å². The Morgan fingerprint density at radius 1 is 1.04 bits per heavy atom. The minimum atomic E-state index is -0.527. The maximum absolute atomic E-state index is 12.4. The van der Waals surface area contributed by atoms with E-state index in [1.165, 1.54) is 13.2 Å². The molecule has 5 rings (SSSR count). The van der Waals surface area contributed by atoms with Crippen molar-refractivity contribution in [3.05, 3.63) is 53.7 Å². The molecular formula is C20H13N3O4. The summed E-state index contributed by atoms with van der Waals surface area (Å²) in [5, 5.41) is 13.9. The van der Waals surface area contributed by atoms with E-state index in [-0.39, 0.29) is 17.0 Å². The molecule has 0 radical (unpaired) electrons. The molecule has 0 fully saturated rings. The van der Waals surface area contributed by atoms with Gasteiger partial charge in [0.15, 0.2) is 11.5 Å². The predicted molar refractivity (Wildman–Crippen MR) is 99.0 cm³/mol. The van der Waals surface area contributed by atoms with Gasteiger partial charge in [-0.15, -0.1) is 0 Å². The lowest BCUT2D eigenvalue weighted by atomic mass is 10.0. The number of carbonyl (C=O) groups is 2. The second-order valence-electron chi connectivity index (χ2n) is 6.27. The average molecular weight is 359 g/mol. The van der Waals surface area contributed by atoms with Crippen LogP contribution >= 0.6 is 0 Å². The van der Waals surface area contributed by atoms with E-state index < -0.39 is 11.8 Å². The number of amides is 2. The van der Waals surface area contributed by atoms with E-state index in [9.17, 15) is 14.7 Å². The zero-order chi connectivity index (χ0) is 18.7. The molecule has 2 aromatic heterocycles. The van der Waals surface area contributed by atoms with Crippen molar-refractivity contribution in [3.63, 3.8) is 0 Å². The molecule has 2 aromatic carbocycles. The number of imide groups is 1. The maximum Gasteiger partial charge on any atom is 0.277 e. The Bertz CT molecular complexity index is 1290. The molecule has 3 N–H and O–H groups in total. The van der Waals surface area contributed by atoms with Gasteiger partial charge in [-0.1, -0.05) is 18.2 Å². The number of ether oxygens (including phenoxy) is 1. The lowest BCUT2D eigenvalue weighted by Gasteiger charge is -2.08. The SMILES string of the molecule is COc1ccc(-c2nc3c(c4c2[nH]c2ccccc24)C(=O)NC3=O)cc1O. The van der Waals surface area contributed by atoms with Crippen LogP contribution in [0.2, 0.25) is 0 Å². The number of nitrogens with one attached hydrogen (secondary N) is 2. The topological polar surface area (TPSA) is 104 Å². The van der Waals surface area contributed by atoms with E-state index in [0.29, 0.717) is 27.9 Å². The van der Waals surface area contributed by atoms with Crippen molar-refractivity contribution in [2.45, 2.75) is 0 Å². The third-order valence-electron chi connectivity index (χ3n) is 4.77. The molecule has 132 valence electrons. The molecule has 0 spiro atoms. The van der Waals surface area contributed by atoms with E-state index in [1.807, 2.05) is 24.3 Å². The summed E-state index contributed by atoms with van der Waals surface area (Å²) in [6.45, 7) is 0. The Morgan fingerprint density at radius 2 is 1.85 bits per heavy atom. The number of methoxy groups -OCH3 is 1. The summed E-state index contributed by atoms with van der Waals surface area (Å²) in [7, 11) is 1.47. The number of benzene rings is 2. The molecule has 3 heterocycles. The van der Waals surface area contributed by atoms with Crippen LogP contribution in [-0.2, 0) is 0 Å². The smallest absolute Gasteiger partial charge is 0.277 e. The quantitative estimate of drug-likeness (QED) is 0.477. The van der Waals surface area contributed by atoms with Crippen LogP contribution < -0.4 is 10.1 Å². The first-order chi connectivity index (χ1) is 13.1. The van der Waals surface area contributed by atoms with Gasteiger partial charge in [0.25, 0.3) is 11.8 Å². The van der Waals surface area contributed by atoms with Crippen LogP contribution in [0.15, 0.2) is 42.5 Å². The standard InChI is InChI=1S/C20H13N3O4/c1-27-13-7-6-9(8-12(13)24)16-17-14(10-4-2-3-5-11(10)21-17)15-18(22-16)20(26)23-19(15)25/h2-8,21,24H,1H3,(H,23,25,26). The molecule has 4 aromatic rings. The Kier molecular flexibility index (Phi) is 3.03. The molecule has 0 saturated carbocycles. The number of aromatic amines is 1. The molecule has 27 heavy (non-hydrogen) atoms. The Morgan fingerprint density at radius 3 is 2.63 bits per heavy atom. The van der Waals surface area contributed by atoms with Crippen molar-refractivity contribution in [2.24, 2.45) is 0 Å². The number of pyridine rings is 1. The highest BCUT2D eigenvalue weighted by Gasteiger charge is 2.33. The van der Waals surface area contributed by atoms with Gasteiger partial charge in [0, 0.05) is 21.9 Å². The minimum Gasteiger partial charge on any atom is -0.504 e. The molecule has 0 saturated heterocycles. The lowest BCUT2D eigenvalue weighted by Crippen LogP contribution is -2.20. The second kappa shape index (κ2) is 5.31. The average Bonchev–Trinajstić information content (AvgIpc) is 3.18.